The number of likely N-dealkylation sites (tertiary alicyclic amines) is 1. The zero-order chi connectivity index (χ0) is 14.2. The number of carboxylic acid groups (broad SMARTS) is 1. The number of carbonyl (C=O) groups excluding carboxylic acids is 1. The number of rotatable bonds is 3. The number of amides is 1. The zero-order valence-electron chi connectivity index (χ0n) is 11.3. The lowest BCUT2D eigenvalue weighted by molar-refractivity contribution is -0.146. The molecule has 1 unspecified atom stereocenters. The number of nitrogens with zero attached hydrogens (tertiary/aromatic N) is 2. The zero-order valence-corrected chi connectivity index (χ0v) is 12.1. The van der Waals surface area contributed by atoms with E-state index in [2.05, 4.69) is 0 Å². The first-order valence-electron chi connectivity index (χ1n) is 6.29. The fourth-order valence-electron chi connectivity index (χ4n) is 2.49. The van der Waals surface area contributed by atoms with Crippen LogP contribution in [0.3, 0.4) is 0 Å². The maximum Gasteiger partial charge on any atom is 0.326 e. The number of hydrogen-bond acceptors (Lipinski definition) is 5. The molecule has 0 aliphatic carbocycles. The van der Waals surface area contributed by atoms with Gasteiger partial charge in [-0.05, 0) is 18.8 Å². The van der Waals surface area contributed by atoms with Crippen LogP contribution < -0.4 is 0 Å². The Morgan fingerprint density at radius 3 is 2.74 bits per heavy atom. The van der Waals surface area contributed by atoms with Crippen molar-refractivity contribution in [2.24, 2.45) is 5.92 Å². The minimum atomic E-state index is -0.935. The molecule has 6 nitrogen and oxygen atoms in total. The first kappa shape index (κ1) is 14.2. The molecular formula is C12H18N2O4S. The van der Waals surface area contributed by atoms with Gasteiger partial charge < -0.3 is 10.0 Å². The summed E-state index contributed by atoms with van der Waals surface area (Å²) in [5.74, 6) is -1.03. The smallest absolute Gasteiger partial charge is 0.326 e. The molecule has 0 bridgehead atoms. The number of carboxylic acids is 1. The number of aliphatic carboxylic acids is 1. The predicted octanol–water partition coefficient (Wildman–Crippen LogP) is 1.45. The second kappa shape index (κ2) is 5.42. The Labute approximate surface area is 116 Å². The van der Waals surface area contributed by atoms with Crippen LogP contribution in [0.5, 0.6) is 0 Å². The van der Waals surface area contributed by atoms with Crippen LogP contribution in [0.2, 0.25) is 0 Å². The largest absolute Gasteiger partial charge is 0.480 e. The summed E-state index contributed by atoms with van der Waals surface area (Å²) in [5, 5.41) is 10.7. The average molecular weight is 286 g/mol. The molecule has 19 heavy (non-hydrogen) atoms. The highest BCUT2D eigenvalue weighted by atomic mass is 32.2. The minimum absolute atomic E-state index is 0.143. The third-order valence-electron chi connectivity index (χ3n) is 3.34. The van der Waals surface area contributed by atoms with Crippen molar-refractivity contribution in [1.29, 1.82) is 0 Å². The second-order valence-electron chi connectivity index (χ2n) is 5.02. The van der Waals surface area contributed by atoms with E-state index in [0.29, 0.717) is 17.9 Å². The Morgan fingerprint density at radius 1 is 1.47 bits per heavy atom. The molecule has 2 heterocycles. The van der Waals surface area contributed by atoms with Gasteiger partial charge in [-0.25, -0.2) is 9.86 Å². The molecule has 1 atom stereocenters. The normalized spacial score (nSPS) is 23.7. The summed E-state index contributed by atoms with van der Waals surface area (Å²) < 4.78 is 5.30. The second-order valence-corrected chi connectivity index (χ2v) is 5.74. The quantitative estimate of drug-likeness (QED) is 0.792. The van der Waals surface area contributed by atoms with Gasteiger partial charge in [0.15, 0.2) is 0 Å². The van der Waals surface area contributed by atoms with Crippen molar-refractivity contribution in [3.8, 4) is 0 Å². The van der Waals surface area contributed by atoms with E-state index in [0.717, 1.165) is 24.2 Å². The average Bonchev–Trinajstić information content (AvgIpc) is 2.93. The Balaban J connectivity index is 2.26. The highest BCUT2D eigenvalue weighted by molar-refractivity contribution is 7.99. The molecule has 0 aromatic carbocycles. The summed E-state index contributed by atoms with van der Waals surface area (Å²) in [7, 11) is 1.75. The molecule has 0 aromatic heterocycles. The molecule has 7 heteroatoms. The van der Waals surface area contributed by atoms with E-state index in [1.807, 2.05) is 13.8 Å². The number of carbonyl (C=O) groups is 2. The first-order chi connectivity index (χ1) is 8.93. The van der Waals surface area contributed by atoms with Gasteiger partial charge in [0.2, 0.25) is 0 Å². The molecule has 1 fully saturated rings. The molecule has 2 rings (SSSR count). The van der Waals surface area contributed by atoms with Crippen LogP contribution in [0.25, 0.3) is 0 Å². The van der Waals surface area contributed by atoms with Crippen LogP contribution in [-0.2, 0) is 13.9 Å². The van der Waals surface area contributed by atoms with E-state index >= 15 is 0 Å². The molecule has 106 valence electrons. The van der Waals surface area contributed by atoms with Gasteiger partial charge in [0.05, 0.1) is 17.7 Å². The van der Waals surface area contributed by atoms with E-state index in [4.69, 9.17) is 9.39 Å². The molecule has 1 saturated heterocycles. The van der Waals surface area contributed by atoms with Crippen LogP contribution in [0.15, 0.2) is 10.6 Å². The minimum Gasteiger partial charge on any atom is -0.480 e. The van der Waals surface area contributed by atoms with E-state index in [9.17, 15) is 9.59 Å². The van der Waals surface area contributed by atoms with Gasteiger partial charge in [0, 0.05) is 13.6 Å². The van der Waals surface area contributed by atoms with Gasteiger partial charge in [0.25, 0.3) is 5.91 Å². The van der Waals surface area contributed by atoms with Crippen molar-refractivity contribution >= 4 is 23.9 Å². The highest BCUT2D eigenvalue weighted by Gasteiger charge is 2.39. The van der Waals surface area contributed by atoms with Gasteiger partial charge >= 0.3 is 5.97 Å². The summed E-state index contributed by atoms with van der Waals surface area (Å²) >= 11 is 1.02. The molecule has 0 radical (unpaired) electrons. The molecular weight excluding hydrogens is 268 g/mol. The lowest BCUT2D eigenvalue weighted by Gasteiger charge is -2.22. The Hall–Kier alpha value is -1.21. The monoisotopic (exact) mass is 286 g/mol. The maximum atomic E-state index is 12.5. The Bertz CT molecular complexity index is 435. The van der Waals surface area contributed by atoms with Gasteiger partial charge in [0.1, 0.15) is 10.9 Å². The van der Waals surface area contributed by atoms with Crippen molar-refractivity contribution in [1.82, 2.24) is 9.96 Å². The molecule has 0 saturated carbocycles. The lowest BCUT2D eigenvalue weighted by atomic mass is 10.1. The van der Waals surface area contributed by atoms with Gasteiger partial charge in [-0.3, -0.25) is 4.79 Å². The third kappa shape index (κ3) is 2.57. The molecule has 2 aliphatic heterocycles. The van der Waals surface area contributed by atoms with Crippen molar-refractivity contribution in [3.63, 3.8) is 0 Å². The maximum absolute atomic E-state index is 12.5. The Morgan fingerprint density at radius 2 is 2.16 bits per heavy atom. The summed E-state index contributed by atoms with van der Waals surface area (Å²) in [6.45, 7) is 4.45. The SMILES string of the molecule is CC(C)C1=C(C(=O)N2CCCC2C(=O)O)SON1C. The standard InChI is InChI=1S/C12H18N2O4S/c1-7(2)9-10(19-18-13(9)3)11(15)14-6-4-5-8(14)12(16)17/h7-8H,4-6H2,1-3H3,(H,16,17). The van der Waals surface area contributed by atoms with Gasteiger partial charge in [-0.1, -0.05) is 13.8 Å². The van der Waals surface area contributed by atoms with Crippen LogP contribution in [0.4, 0.5) is 0 Å². The van der Waals surface area contributed by atoms with Crippen molar-refractivity contribution in [2.45, 2.75) is 32.7 Å². The summed E-state index contributed by atoms with van der Waals surface area (Å²) in [6, 6.07) is -0.708. The van der Waals surface area contributed by atoms with Crippen LogP contribution in [0.1, 0.15) is 26.7 Å². The third-order valence-corrected chi connectivity index (χ3v) is 4.19. The van der Waals surface area contributed by atoms with Crippen LogP contribution in [-0.4, -0.2) is 46.6 Å². The van der Waals surface area contributed by atoms with Crippen LogP contribution >= 0.6 is 12.0 Å². The van der Waals surface area contributed by atoms with Crippen molar-refractivity contribution < 1.29 is 19.0 Å². The van der Waals surface area contributed by atoms with Crippen molar-refractivity contribution in [2.75, 3.05) is 13.6 Å². The number of allylic oxidation sites excluding steroid dienone is 1. The van der Waals surface area contributed by atoms with Gasteiger partial charge in [-0.2, -0.15) is 4.28 Å². The van der Waals surface area contributed by atoms with Gasteiger partial charge in [-0.15, -0.1) is 0 Å². The summed E-state index contributed by atoms with van der Waals surface area (Å²) in [5.41, 5.74) is 0.811. The molecule has 0 aromatic rings. The molecule has 1 N–H and O–H groups in total. The fraction of sp³-hybridized carbons (Fsp3) is 0.667. The molecule has 0 spiro atoms. The van der Waals surface area contributed by atoms with Crippen molar-refractivity contribution in [3.05, 3.63) is 10.6 Å². The topological polar surface area (TPSA) is 70.1 Å². The van der Waals surface area contributed by atoms with E-state index in [1.54, 1.807) is 12.1 Å². The highest BCUT2D eigenvalue weighted by Crippen LogP contribution is 2.38. The van der Waals surface area contributed by atoms with Crippen LogP contribution in [0, 0.1) is 5.92 Å². The number of hydroxylamine groups is 2. The predicted molar refractivity (Wildman–Crippen MR) is 70.7 cm³/mol. The Kier molecular flexibility index (Phi) is 4.05. The van der Waals surface area contributed by atoms with E-state index in [1.165, 1.54) is 4.90 Å². The molecule has 1 amide bonds. The fourth-order valence-corrected chi connectivity index (χ4v) is 3.39. The van der Waals surface area contributed by atoms with E-state index < -0.39 is 12.0 Å². The first-order valence-corrected chi connectivity index (χ1v) is 7.04. The summed E-state index contributed by atoms with van der Waals surface area (Å²) in [4.78, 5) is 25.6. The number of hydrogen-bond donors (Lipinski definition) is 1. The summed E-state index contributed by atoms with van der Waals surface area (Å²) in [6.07, 6.45) is 1.25. The van der Waals surface area contributed by atoms with E-state index in [-0.39, 0.29) is 11.8 Å². The molecule has 2 aliphatic rings. The lowest BCUT2D eigenvalue weighted by Crippen LogP contribution is -2.41.